The van der Waals surface area contributed by atoms with Crippen LogP contribution in [0.25, 0.3) is 0 Å². The summed E-state index contributed by atoms with van der Waals surface area (Å²) >= 11 is 0. The Morgan fingerprint density at radius 1 is 0.400 bits per heavy atom. The quantitative estimate of drug-likeness (QED) is 0.232. The maximum Gasteiger partial charge on any atom is 0.278 e. The van der Waals surface area contributed by atoms with E-state index in [9.17, 15) is 0 Å². The molecule has 1 nitrogen and oxygen atoms in total. The molecule has 0 saturated carbocycles. The summed E-state index contributed by atoms with van der Waals surface area (Å²) in [4.78, 5) is 0. The summed E-state index contributed by atoms with van der Waals surface area (Å²) in [6.07, 6.45) is 0. The van der Waals surface area contributed by atoms with E-state index in [4.69, 9.17) is 4.12 Å². The van der Waals surface area contributed by atoms with E-state index in [-0.39, 0.29) is 10.1 Å². The average molecular weight is 495 g/mol. The Bertz CT molecular complexity index is 1100. The van der Waals surface area contributed by atoms with Crippen molar-refractivity contribution in [1.29, 1.82) is 0 Å². The van der Waals surface area contributed by atoms with Crippen LogP contribution in [-0.4, -0.2) is 16.6 Å². The monoisotopic (exact) mass is 494 g/mol. The first-order chi connectivity index (χ1) is 16.6. The van der Waals surface area contributed by atoms with Gasteiger partial charge in [0.25, 0.3) is 8.32 Å². The van der Waals surface area contributed by atoms with Crippen LogP contribution in [0.5, 0.6) is 0 Å². The lowest BCUT2D eigenvalue weighted by Crippen LogP contribution is -2.78. The highest BCUT2D eigenvalue weighted by molar-refractivity contribution is 7.13. The fraction of sp³-hybridized carbons (Fsp3) is 0.250. The SMILES string of the molecule is CC(C)(C)[Si](O[Si](c1ccccc1)(c1ccccc1)c1ccccc1)(c1ccccc1)C(C)(C)C. The van der Waals surface area contributed by atoms with E-state index in [1.165, 1.54) is 20.7 Å². The number of hydrogen-bond donors (Lipinski definition) is 0. The van der Waals surface area contributed by atoms with Crippen LogP contribution in [0.4, 0.5) is 0 Å². The zero-order chi connectivity index (χ0) is 25.2. The molecule has 0 aliphatic rings. The molecule has 0 N–H and O–H groups in total. The Labute approximate surface area is 214 Å². The summed E-state index contributed by atoms with van der Waals surface area (Å²) in [5.41, 5.74) is 0. The van der Waals surface area contributed by atoms with E-state index in [0.29, 0.717) is 0 Å². The van der Waals surface area contributed by atoms with Crippen LogP contribution in [0.1, 0.15) is 41.5 Å². The summed E-state index contributed by atoms with van der Waals surface area (Å²) in [7, 11) is -5.60. The van der Waals surface area contributed by atoms with Gasteiger partial charge < -0.3 is 4.12 Å². The fourth-order valence-electron chi connectivity index (χ4n) is 5.95. The summed E-state index contributed by atoms with van der Waals surface area (Å²) in [5.74, 6) is 0. The Morgan fingerprint density at radius 2 is 0.657 bits per heavy atom. The van der Waals surface area contributed by atoms with Gasteiger partial charge in [0.05, 0.1) is 0 Å². The molecule has 0 spiro atoms. The number of benzene rings is 4. The second-order valence-corrected chi connectivity index (χ2v) is 20.3. The average Bonchev–Trinajstić information content (AvgIpc) is 2.86. The molecular weight excluding hydrogens is 457 g/mol. The van der Waals surface area contributed by atoms with Crippen LogP contribution >= 0.6 is 0 Å². The molecule has 0 bridgehead atoms. The molecule has 4 rings (SSSR count). The predicted molar refractivity (Wildman–Crippen MR) is 156 cm³/mol. The lowest BCUT2D eigenvalue weighted by atomic mass is 10.2. The topological polar surface area (TPSA) is 9.23 Å². The largest absolute Gasteiger partial charge is 0.441 e. The van der Waals surface area contributed by atoms with Crippen molar-refractivity contribution < 1.29 is 4.12 Å². The molecule has 3 heteroatoms. The third-order valence-corrected chi connectivity index (χ3v) is 18.4. The van der Waals surface area contributed by atoms with Crippen LogP contribution in [0, 0.1) is 0 Å². The standard InChI is InChI=1S/C32H38OSi2/c1-31(2,3)35(32(4,5)6,30-25-17-10-18-26-30)33-34(27-19-11-7-12-20-27,28-21-13-8-14-22-28)29-23-15-9-16-24-29/h7-26H,1-6H3. The highest BCUT2D eigenvalue weighted by Gasteiger charge is 2.61. The van der Waals surface area contributed by atoms with Crippen molar-refractivity contribution >= 4 is 37.4 Å². The lowest BCUT2D eigenvalue weighted by molar-refractivity contribution is 0.447. The molecule has 35 heavy (non-hydrogen) atoms. The van der Waals surface area contributed by atoms with Crippen LogP contribution in [0.3, 0.4) is 0 Å². The molecule has 180 valence electrons. The molecule has 0 heterocycles. The highest BCUT2D eigenvalue weighted by atomic mass is 28.4. The van der Waals surface area contributed by atoms with Crippen LogP contribution in [-0.2, 0) is 4.12 Å². The lowest BCUT2D eigenvalue weighted by Gasteiger charge is -2.55. The van der Waals surface area contributed by atoms with Gasteiger partial charge in [0.15, 0.2) is 0 Å². The van der Waals surface area contributed by atoms with Gasteiger partial charge in [0.1, 0.15) is 0 Å². The van der Waals surface area contributed by atoms with Crippen molar-refractivity contribution in [2.75, 3.05) is 0 Å². The summed E-state index contributed by atoms with van der Waals surface area (Å²) in [5, 5.41) is 5.13. The van der Waals surface area contributed by atoms with E-state index in [1.807, 2.05) is 0 Å². The molecular formula is C32H38OSi2. The van der Waals surface area contributed by atoms with Gasteiger partial charge in [0.2, 0.25) is 8.32 Å². The summed E-state index contributed by atoms with van der Waals surface area (Å²) < 4.78 is 8.18. The Kier molecular flexibility index (Phi) is 7.05. The first kappa shape index (κ1) is 25.4. The summed E-state index contributed by atoms with van der Waals surface area (Å²) in [6, 6.07) is 44.0. The van der Waals surface area contributed by atoms with E-state index >= 15 is 0 Å². The molecule has 0 fully saturated rings. The predicted octanol–water partition coefficient (Wildman–Crippen LogP) is 6.12. The Morgan fingerprint density at radius 3 is 0.914 bits per heavy atom. The van der Waals surface area contributed by atoms with Crippen molar-refractivity contribution in [3.8, 4) is 0 Å². The van der Waals surface area contributed by atoms with E-state index in [2.05, 4.69) is 163 Å². The molecule has 0 unspecified atom stereocenters. The molecule has 0 aliphatic carbocycles. The Hall–Kier alpha value is -2.73. The minimum Gasteiger partial charge on any atom is -0.441 e. The van der Waals surface area contributed by atoms with Crippen molar-refractivity contribution in [1.82, 2.24) is 0 Å². The Balaban J connectivity index is 2.16. The first-order valence-electron chi connectivity index (χ1n) is 12.6. The second-order valence-electron chi connectivity index (χ2n) is 11.4. The molecule has 0 saturated heterocycles. The molecule has 4 aromatic carbocycles. The smallest absolute Gasteiger partial charge is 0.278 e. The van der Waals surface area contributed by atoms with Gasteiger partial charge >= 0.3 is 0 Å². The number of hydrogen-bond acceptors (Lipinski definition) is 1. The van der Waals surface area contributed by atoms with Gasteiger partial charge in [0, 0.05) is 0 Å². The van der Waals surface area contributed by atoms with E-state index in [0.717, 1.165) is 0 Å². The summed E-state index contributed by atoms with van der Waals surface area (Å²) in [6.45, 7) is 14.3. The van der Waals surface area contributed by atoms with Gasteiger partial charge in [-0.25, -0.2) is 0 Å². The molecule has 0 atom stereocenters. The second kappa shape index (κ2) is 9.73. The zero-order valence-electron chi connectivity index (χ0n) is 22.0. The fourth-order valence-corrected chi connectivity index (χ4v) is 19.8. The van der Waals surface area contributed by atoms with Crippen molar-refractivity contribution in [2.24, 2.45) is 0 Å². The minimum absolute atomic E-state index is 0.0524. The van der Waals surface area contributed by atoms with Gasteiger partial charge in [-0.2, -0.15) is 0 Å². The van der Waals surface area contributed by atoms with Gasteiger partial charge in [-0.1, -0.05) is 163 Å². The van der Waals surface area contributed by atoms with Crippen molar-refractivity contribution in [2.45, 2.75) is 51.6 Å². The third kappa shape index (κ3) is 4.49. The molecule has 0 amide bonds. The molecule has 0 radical (unpaired) electrons. The highest BCUT2D eigenvalue weighted by Crippen LogP contribution is 2.52. The van der Waals surface area contributed by atoms with Crippen LogP contribution in [0.15, 0.2) is 121 Å². The van der Waals surface area contributed by atoms with E-state index in [1.54, 1.807) is 0 Å². The van der Waals surface area contributed by atoms with Gasteiger partial charge in [-0.05, 0) is 30.8 Å². The molecule has 0 aromatic heterocycles. The first-order valence-corrected chi connectivity index (χ1v) is 16.4. The van der Waals surface area contributed by atoms with E-state index < -0.39 is 16.6 Å². The van der Waals surface area contributed by atoms with Crippen molar-refractivity contribution in [3.05, 3.63) is 121 Å². The van der Waals surface area contributed by atoms with Crippen LogP contribution < -0.4 is 20.7 Å². The number of rotatable bonds is 6. The third-order valence-electron chi connectivity index (χ3n) is 7.14. The molecule has 0 aliphatic heterocycles. The van der Waals surface area contributed by atoms with Crippen molar-refractivity contribution in [3.63, 3.8) is 0 Å². The normalized spacial score (nSPS) is 13.0. The van der Waals surface area contributed by atoms with Crippen LogP contribution in [0.2, 0.25) is 10.1 Å². The zero-order valence-corrected chi connectivity index (χ0v) is 24.0. The van der Waals surface area contributed by atoms with Gasteiger partial charge in [-0.15, -0.1) is 0 Å². The minimum atomic E-state index is -2.90. The maximum atomic E-state index is 8.18. The maximum absolute atomic E-state index is 8.18. The van der Waals surface area contributed by atoms with Gasteiger partial charge in [-0.3, -0.25) is 0 Å². The molecule has 4 aromatic rings.